The Balaban J connectivity index is 2.12. The fraction of sp³-hybridized carbons (Fsp3) is 0.0714. The van der Waals surface area contributed by atoms with Crippen LogP contribution in [0.3, 0.4) is 0 Å². The van der Waals surface area contributed by atoms with E-state index in [-0.39, 0.29) is 17.0 Å². The van der Waals surface area contributed by atoms with Crippen molar-refractivity contribution in [1.29, 1.82) is 0 Å². The first-order valence-electron chi connectivity index (χ1n) is 6.36. The Kier molecular flexibility index (Phi) is 3.26. The van der Waals surface area contributed by atoms with Crippen LogP contribution in [-0.4, -0.2) is 29.8 Å². The van der Waals surface area contributed by atoms with Gasteiger partial charge in [0.1, 0.15) is 11.4 Å². The third kappa shape index (κ3) is 2.37. The predicted molar refractivity (Wildman–Crippen MR) is 78.0 cm³/mol. The van der Waals surface area contributed by atoms with Crippen molar-refractivity contribution in [2.45, 2.75) is 0 Å². The van der Waals surface area contributed by atoms with Crippen LogP contribution < -0.4 is 0 Å². The van der Waals surface area contributed by atoms with E-state index in [9.17, 15) is 15.2 Å². The van der Waals surface area contributed by atoms with E-state index in [2.05, 4.69) is 15.1 Å². The first-order chi connectivity index (χ1) is 10.6. The number of non-ortho nitro benzene ring substituents is 1. The second-order valence-electron chi connectivity index (χ2n) is 4.56. The number of aromatic nitrogens is 4. The second kappa shape index (κ2) is 5.24. The van der Waals surface area contributed by atoms with Gasteiger partial charge in [-0.15, -0.1) is 5.10 Å². The third-order valence-corrected chi connectivity index (χ3v) is 3.09. The molecular formula is C14H11N5O3. The van der Waals surface area contributed by atoms with Gasteiger partial charge in [0.15, 0.2) is 11.6 Å². The summed E-state index contributed by atoms with van der Waals surface area (Å²) in [4.78, 5) is 18.8. The Labute approximate surface area is 124 Å². The average molecular weight is 297 g/mol. The van der Waals surface area contributed by atoms with E-state index in [1.165, 1.54) is 22.9 Å². The quantitative estimate of drug-likeness (QED) is 0.586. The maximum atomic E-state index is 10.9. The zero-order valence-corrected chi connectivity index (χ0v) is 11.5. The molecule has 3 rings (SSSR count). The Bertz CT molecular complexity index is 845. The van der Waals surface area contributed by atoms with E-state index >= 15 is 0 Å². The normalized spacial score (nSPS) is 10.6. The molecule has 1 aromatic carbocycles. The van der Waals surface area contributed by atoms with Crippen molar-refractivity contribution in [2.75, 3.05) is 0 Å². The van der Waals surface area contributed by atoms with E-state index < -0.39 is 4.92 Å². The minimum atomic E-state index is -0.529. The first kappa shape index (κ1) is 13.7. The monoisotopic (exact) mass is 297 g/mol. The highest BCUT2D eigenvalue weighted by Gasteiger charge is 2.18. The number of phenols is 1. The van der Waals surface area contributed by atoms with Crippen LogP contribution in [0.15, 0.2) is 42.6 Å². The fourth-order valence-corrected chi connectivity index (χ4v) is 2.04. The van der Waals surface area contributed by atoms with Crippen LogP contribution in [0.4, 0.5) is 5.69 Å². The van der Waals surface area contributed by atoms with Crippen molar-refractivity contribution in [2.24, 2.45) is 7.05 Å². The number of rotatable bonds is 3. The summed E-state index contributed by atoms with van der Waals surface area (Å²) in [6.45, 7) is 0. The number of benzene rings is 1. The predicted octanol–water partition coefficient (Wildman–Crippen LogP) is 2.16. The van der Waals surface area contributed by atoms with Gasteiger partial charge in [-0.3, -0.25) is 15.1 Å². The van der Waals surface area contributed by atoms with Gasteiger partial charge in [-0.05, 0) is 18.2 Å². The van der Waals surface area contributed by atoms with Gasteiger partial charge in [0.2, 0.25) is 0 Å². The van der Waals surface area contributed by atoms with Gasteiger partial charge in [-0.1, -0.05) is 6.07 Å². The van der Waals surface area contributed by atoms with E-state index in [4.69, 9.17) is 0 Å². The number of pyridine rings is 1. The van der Waals surface area contributed by atoms with Gasteiger partial charge in [0.05, 0.1) is 10.5 Å². The number of hydrogen-bond acceptors (Lipinski definition) is 6. The van der Waals surface area contributed by atoms with E-state index in [0.717, 1.165) is 0 Å². The van der Waals surface area contributed by atoms with Gasteiger partial charge in [-0.2, -0.15) is 0 Å². The Morgan fingerprint density at radius 1 is 1.27 bits per heavy atom. The van der Waals surface area contributed by atoms with Crippen molar-refractivity contribution in [3.05, 3.63) is 52.7 Å². The number of hydrogen-bond donors (Lipinski definition) is 1. The molecule has 0 aliphatic heterocycles. The van der Waals surface area contributed by atoms with Crippen molar-refractivity contribution in [3.8, 4) is 28.7 Å². The molecule has 0 aliphatic carbocycles. The smallest absolute Gasteiger partial charge is 0.270 e. The molecule has 0 amide bonds. The lowest BCUT2D eigenvalue weighted by Crippen LogP contribution is -1.96. The van der Waals surface area contributed by atoms with Crippen LogP contribution in [0.5, 0.6) is 5.75 Å². The lowest BCUT2D eigenvalue weighted by Gasteiger charge is -2.02. The third-order valence-electron chi connectivity index (χ3n) is 3.09. The molecule has 0 spiro atoms. The largest absolute Gasteiger partial charge is 0.507 e. The molecule has 1 N–H and O–H groups in total. The van der Waals surface area contributed by atoms with Crippen LogP contribution in [0.2, 0.25) is 0 Å². The molecule has 8 nitrogen and oxygen atoms in total. The summed E-state index contributed by atoms with van der Waals surface area (Å²) in [6.07, 6.45) is 1.62. The number of aryl methyl sites for hydroxylation is 1. The number of nitro groups is 1. The lowest BCUT2D eigenvalue weighted by molar-refractivity contribution is -0.384. The topological polar surface area (TPSA) is 107 Å². The number of aromatic hydroxyl groups is 1. The van der Waals surface area contributed by atoms with Crippen molar-refractivity contribution in [3.63, 3.8) is 0 Å². The zero-order valence-electron chi connectivity index (χ0n) is 11.5. The molecule has 0 fully saturated rings. The summed E-state index contributed by atoms with van der Waals surface area (Å²) >= 11 is 0. The zero-order chi connectivity index (χ0) is 15.7. The molecule has 0 atom stereocenters. The highest BCUT2D eigenvalue weighted by atomic mass is 16.6. The summed E-state index contributed by atoms with van der Waals surface area (Å²) in [5.41, 5.74) is 0.691. The van der Waals surface area contributed by atoms with E-state index in [0.29, 0.717) is 17.3 Å². The molecule has 0 radical (unpaired) electrons. The molecular weight excluding hydrogens is 286 g/mol. The van der Waals surface area contributed by atoms with Gasteiger partial charge in [-0.25, -0.2) is 9.67 Å². The highest BCUT2D eigenvalue weighted by Crippen LogP contribution is 2.32. The van der Waals surface area contributed by atoms with Crippen LogP contribution in [0.1, 0.15) is 0 Å². The summed E-state index contributed by atoms with van der Waals surface area (Å²) in [5, 5.41) is 25.1. The molecule has 0 saturated heterocycles. The molecule has 22 heavy (non-hydrogen) atoms. The van der Waals surface area contributed by atoms with Crippen LogP contribution in [0.25, 0.3) is 22.9 Å². The van der Waals surface area contributed by atoms with Crippen LogP contribution >= 0.6 is 0 Å². The van der Waals surface area contributed by atoms with Crippen LogP contribution in [-0.2, 0) is 7.05 Å². The number of phenolic OH excluding ortho intramolecular Hbond substituents is 1. The van der Waals surface area contributed by atoms with Gasteiger partial charge < -0.3 is 5.11 Å². The standard InChI is InChI=1S/C14H11N5O3/c1-18-14(10-8-9(19(21)22)5-6-12(10)20)16-13(17-18)11-4-2-3-7-15-11/h2-8,20H,1H3. The molecule has 110 valence electrons. The number of nitro benzene ring substituents is 1. The van der Waals surface area contributed by atoms with E-state index in [1.807, 2.05) is 6.07 Å². The van der Waals surface area contributed by atoms with Gasteiger partial charge >= 0.3 is 0 Å². The average Bonchev–Trinajstić information content (AvgIpc) is 2.90. The molecule has 0 unspecified atom stereocenters. The minimum absolute atomic E-state index is 0.103. The van der Waals surface area contributed by atoms with Crippen LogP contribution in [0, 0.1) is 10.1 Å². The summed E-state index contributed by atoms with van der Waals surface area (Å²) in [5.74, 6) is 0.597. The van der Waals surface area contributed by atoms with Crippen molar-refractivity contribution < 1.29 is 10.0 Å². The van der Waals surface area contributed by atoms with Gasteiger partial charge in [0.25, 0.3) is 5.69 Å². The number of nitrogens with zero attached hydrogens (tertiary/aromatic N) is 5. The van der Waals surface area contributed by atoms with Gasteiger partial charge in [0, 0.05) is 25.4 Å². The fourth-order valence-electron chi connectivity index (χ4n) is 2.04. The maximum Gasteiger partial charge on any atom is 0.270 e. The van der Waals surface area contributed by atoms with Crippen molar-refractivity contribution in [1.82, 2.24) is 19.7 Å². The molecule has 0 bridgehead atoms. The molecule has 0 saturated carbocycles. The summed E-state index contributed by atoms with van der Waals surface area (Å²) in [6, 6.07) is 9.11. The Morgan fingerprint density at radius 3 is 2.77 bits per heavy atom. The Morgan fingerprint density at radius 2 is 2.09 bits per heavy atom. The molecule has 8 heteroatoms. The second-order valence-corrected chi connectivity index (χ2v) is 4.56. The van der Waals surface area contributed by atoms with Crippen molar-refractivity contribution >= 4 is 5.69 Å². The summed E-state index contributed by atoms with van der Waals surface area (Å²) in [7, 11) is 1.65. The highest BCUT2D eigenvalue weighted by molar-refractivity contribution is 5.68. The lowest BCUT2D eigenvalue weighted by atomic mass is 10.1. The SMILES string of the molecule is Cn1nc(-c2ccccn2)nc1-c1cc([N+](=O)[O-])ccc1O. The molecule has 2 heterocycles. The maximum absolute atomic E-state index is 10.9. The molecule has 3 aromatic rings. The summed E-state index contributed by atoms with van der Waals surface area (Å²) < 4.78 is 1.45. The first-order valence-corrected chi connectivity index (χ1v) is 6.36. The molecule has 2 aromatic heterocycles. The molecule has 0 aliphatic rings. The minimum Gasteiger partial charge on any atom is -0.507 e. The van der Waals surface area contributed by atoms with E-state index in [1.54, 1.807) is 25.4 Å². The Hall–Kier alpha value is -3.29.